The number of nitro groups is 1. The van der Waals surface area contributed by atoms with Crippen LogP contribution < -0.4 is 5.32 Å². The molecule has 0 radical (unpaired) electrons. The Kier molecular flexibility index (Phi) is 6.23. The van der Waals surface area contributed by atoms with Gasteiger partial charge in [0.15, 0.2) is 0 Å². The van der Waals surface area contributed by atoms with Gasteiger partial charge < -0.3 is 9.84 Å². The van der Waals surface area contributed by atoms with Crippen molar-refractivity contribution in [2.24, 2.45) is 5.92 Å². The number of hydrogen-bond acceptors (Lipinski definition) is 6. The molecule has 0 saturated carbocycles. The second-order valence-corrected chi connectivity index (χ2v) is 6.99. The van der Waals surface area contributed by atoms with Crippen LogP contribution >= 0.6 is 11.6 Å². The Hall–Kier alpha value is -3.26. The highest BCUT2D eigenvalue weighted by Crippen LogP contribution is 2.28. The maximum absolute atomic E-state index is 12.7. The van der Waals surface area contributed by atoms with E-state index in [2.05, 4.69) is 15.5 Å². The molecule has 1 N–H and O–H groups in total. The van der Waals surface area contributed by atoms with Gasteiger partial charge in [0, 0.05) is 17.7 Å². The molecule has 1 amide bonds. The Bertz CT molecular complexity index is 1040. The summed E-state index contributed by atoms with van der Waals surface area (Å²) in [5.74, 6) is 0.0844. The molecular formula is C20H19ClN4O4. The van der Waals surface area contributed by atoms with Crippen molar-refractivity contribution in [3.63, 3.8) is 0 Å². The molecule has 9 heteroatoms. The van der Waals surface area contributed by atoms with Crippen molar-refractivity contribution in [2.45, 2.75) is 26.3 Å². The monoisotopic (exact) mass is 414 g/mol. The molecule has 0 spiro atoms. The number of rotatable bonds is 7. The zero-order valence-electron chi connectivity index (χ0n) is 15.8. The predicted octanol–water partition coefficient (Wildman–Crippen LogP) is 4.82. The lowest BCUT2D eigenvalue weighted by Gasteiger charge is -2.21. The number of non-ortho nitro benzene ring substituents is 1. The van der Waals surface area contributed by atoms with Gasteiger partial charge in [0.1, 0.15) is 6.04 Å². The highest BCUT2D eigenvalue weighted by Gasteiger charge is 2.27. The SMILES string of the molecule is CCC(C)C(NC(=O)c1ccccc1Cl)c1nc(-c2cccc([N+](=O)[O-])c2)no1. The van der Waals surface area contributed by atoms with Crippen LogP contribution in [-0.2, 0) is 0 Å². The number of nitrogens with zero attached hydrogens (tertiary/aromatic N) is 3. The van der Waals surface area contributed by atoms with E-state index in [-0.39, 0.29) is 29.2 Å². The van der Waals surface area contributed by atoms with Crippen molar-refractivity contribution in [2.75, 3.05) is 0 Å². The summed E-state index contributed by atoms with van der Waals surface area (Å²) < 4.78 is 5.39. The highest BCUT2D eigenvalue weighted by molar-refractivity contribution is 6.33. The van der Waals surface area contributed by atoms with Gasteiger partial charge in [-0.1, -0.05) is 61.3 Å². The Morgan fingerprint density at radius 1 is 1.28 bits per heavy atom. The molecule has 0 fully saturated rings. The number of benzene rings is 2. The Morgan fingerprint density at radius 2 is 2.03 bits per heavy atom. The Labute approximate surface area is 172 Å². The molecule has 2 unspecified atom stereocenters. The maximum atomic E-state index is 12.7. The van der Waals surface area contributed by atoms with Gasteiger partial charge in [0.2, 0.25) is 11.7 Å². The molecule has 3 rings (SSSR count). The summed E-state index contributed by atoms with van der Waals surface area (Å²) in [6, 6.07) is 12.2. The minimum absolute atomic E-state index is 0.000141. The minimum Gasteiger partial charge on any atom is -0.340 e. The molecule has 150 valence electrons. The second-order valence-electron chi connectivity index (χ2n) is 6.58. The molecule has 0 aliphatic rings. The molecule has 0 bridgehead atoms. The van der Waals surface area contributed by atoms with Gasteiger partial charge in [0.25, 0.3) is 11.6 Å². The van der Waals surface area contributed by atoms with Crippen LogP contribution in [0.15, 0.2) is 53.1 Å². The van der Waals surface area contributed by atoms with Crippen LogP contribution in [0.4, 0.5) is 5.69 Å². The van der Waals surface area contributed by atoms with Gasteiger partial charge in [-0.05, 0) is 18.1 Å². The van der Waals surface area contributed by atoms with Crippen LogP contribution in [0.25, 0.3) is 11.4 Å². The van der Waals surface area contributed by atoms with Crippen LogP contribution in [0.2, 0.25) is 5.02 Å². The summed E-state index contributed by atoms with van der Waals surface area (Å²) >= 11 is 6.12. The number of carbonyl (C=O) groups excluding carboxylic acids is 1. The summed E-state index contributed by atoms with van der Waals surface area (Å²) in [6.45, 7) is 3.94. The zero-order valence-corrected chi connectivity index (χ0v) is 16.6. The van der Waals surface area contributed by atoms with E-state index in [4.69, 9.17) is 16.1 Å². The maximum Gasteiger partial charge on any atom is 0.270 e. The van der Waals surface area contributed by atoms with E-state index >= 15 is 0 Å². The summed E-state index contributed by atoms with van der Waals surface area (Å²) in [7, 11) is 0. The van der Waals surface area contributed by atoms with Crippen molar-refractivity contribution in [1.82, 2.24) is 15.5 Å². The largest absolute Gasteiger partial charge is 0.340 e. The molecular weight excluding hydrogens is 396 g/mol. The van der Waals surface area contributed by atoms with Gasteiger partial charge in [-0.2, -0.15) is 4.98 Å². The Balaban J connectivity index is 1.89. The Morgan fingerprint density at radius 3 is 2.72 bits per heavy atom. The van der Waals surface area contributed by atoms with Crippen molar-refractivity contribution < 1.29 is 14.2 Å². The number of halogens is 1. The fourth-order valence-electron chi connectivity index (χ4n) is 2.78. The molecule has 0 aliphatic carbocycles. The molecule has 0 saturated heterocycles. The standard InChI is InChI=1S/C20H19ClN4O4/c1-3-12(2)17(22-19(26)15-9-4-5-10-16(15)21)20-23-18(24-29-20)13-7-6-8-14(11-13)25(27)28/h4-12,17H,3H2,1-2H3,(H,22,26). The average molecular weight is 415 g/mol. The molecule has 8 nitrogen and oxygen atoms in total. The average Bonchev–Trinajstić information content (AvgIpc) is 3.21. The summed E-state index contributed by atoms with van der Waals surface area (Å²) in [4.78, 5) is 27.6. The quantitative estimate of drug-likeness (QED) is 0.438. The van der Waals surface area contributed by atoms with E-state index in [0.29, 0.717) is 16.1 Å². The molecule has 2 aromatic carbocycles. The number of aromatic nitrogens is 2. The first-order valence-corrected chi connectivity index (χ1v) is 9.42. The molecule has 3 aromatic rings. The van der Waals surface area contributed by atoms with Crippen molar-refractivity contribution >= 4 is 23.2 Å². The van der Waals surface area contributed by atoms with Crippen LogP contribution in [0, 0.1) is 16.0 Å². The third-order valence-corrected chi connectivity index (χ3v) is 4.97. The second kappa shape index (κ2) is 8.83. The van der Waals surface area contributed by atoms with Gasteiger partial charge in [0.05, 0.1) is 15.5 Å². The van der Waals surface area contributed by atoms with E-state index in [1.807, 2.05) is 13.8 Å². The number of carbonyl (C=O) groups is 1. The lowest BCUT2D eigenvalue weighted by atomic mass is 9.98. The van der Waals surface area contributed by atoms with E-state index < -0.39 is 11.0 Å². The van der Waals surface area contributed by atoms with Crippen molar-refractivity contribution in [1.29, 1.82) is 0 Å². The van der Waals surface area contributed by atoms with Crippen molar-refractivity contribution in [3.05, 3.63) is 75.1 Å². The molecule has 2 atom stereocenters. The third kappa shape index (κ3) is 4.60. The molecule has 1 aromatic heterocycles. The first-order valence-electron chi connectivity index (χ1n) is 9.04. The molecule has 1 heterocycles. The van der Waals surface area contributed by atoms with Crippen LogP contribution in [0.5, 0.6) is 0 Å². The number of hydrogen-bond donors (Lipinski definition) is 1. The molecule has 29 heavy (non-hydrogen) atoms. The minimum atomic E-state index is -0.538. The lowest BCUT2D eigenvalue weighted by Crippen LogP contribution is -2.33. The highest BCUT2D eigenvalue weighted by atomic mass is 35.5. The first-order chi connectivity index (χ1) is 13.9. The van der Waals surface area contributed by atoms with E-state index in [1.165, 1.54) is 12.1 Å². The normalized spacial score (nSPS) is 12.9. The van der Waals surface area contributed by atoms with Gasteiger partial charge in [-0.3, -0.25) is 14.9 Å². The summed E-state index contributed by atoms with van der Waals surface area (Å²) in [6.07, 6.45) is 0.752. The fraction of sp³-hybridized carbons (Fsp3) is 0.250. The van der Waals surface area contributed by atoms with E-state index in [1.54, 1.807) is 36.4 Å². The first kappa shape index (κ1) is 20.5. The fourth-order valence-corrected chi connectivity index (χ4v) is 3.01. The van der Waals surface area contributed by atoms with Gasteiger partial charge >= 0.3 is 0 Å². The van der Waals surface area contributed by atoms with Gasteiger partial charge in [-0.15, -0.1) is 0 Å². The van der Waals surface area contributed by atoms with Crippen molar-refractivity contribution in [3.8, 4) is 11.4 Å². The van der Waals surface area contributed by atoms with Crippen LogP contribution in [0.1, 0.15) is 42.6 Å². The van der Waals surface area contributed by atoms with E-state index in [0.717, 1.165) is 6.42 Å². The van der Waals surface area contributed by atoms with E-state index in [9.17, 15) is 14.9 Å². The predicted molar refractivity (Wildman–Crippen MR) is 108 cm³/mol. The summed E-state index contributed by atoms with van der Waals surface area (Å²) in [5.41, 5.74) is 0.731. The third-order valence-electron chi connectivity index (χ3n) is 4.64. The van der Waals surface area contributed by atoms with Crippen LogP contribution in [-0.4, -0.2) is 21.0 Å². The smallest absolute Gasteiger partial charge is 0.270 e. The topological polar surface area (TPSA) is 111 Å². The molecule has 0 aliphatic heterocycles. The zero-order chi connectivity index (χ0) is 21.0. The lowest BCUT2D eigenvalue weighted by molar-refractivity contribution is -0.384. The number of nitrogens with one attached hydrogen (secondary N) is 1. The number of nitro benzene ring substituents is 1. The van der Waals surface area contributed by atoms with Gasteiger partial charge in [-0.25, -0.2) is 0 Å². The van der Waals surface area contributed by atoms with Crippen LogP contribution in [0.3, 0.4) is 0 Å². The number of amides is 1. The summed E-state index contributed by atoms with van der Waals surface area (Å²) in [5, 5.41) is 18.2.